The van der Waals surface area contributed by atoms with E-state index in [-0.39, 0.29) is 29.5 Å². The third-order valence-electron chi connectivity index (χ3n) is 6.00. The standard InChI is InChI=1S/C24H20ClF2N7O3S/c1-11-4-12(13-5-19(25)29-8-17(13)37-3)14(6-28-11)22(35)32-24-31-16-9-34(10-18(16)38-24)23(36)20-15(21(26)27)7-30-33(20)2/h4-8,21H,9-10H2,1-3H3,(H,31,32,35). The number of fused-ring (bicyclic) bond motifs is 1. The molecule has 0 saturated heterocycles. The summed E-state index contributed by atoms with van der Waals surface area (Å²) in [4.78, 5) is 41.2. The number of aryl methyl sites for hydroxylation is 2. The second-order valence-electron chi connectivity index (χ2n) is 8.46. The van der Waals surface area contributed by atoms with Crippen LogP contribution in [0.4, 0.5) is 13.9 Å². The van der Waals surface area contributed by atoms with Crippen molar-refractivity contribution in [3.05, 3.63) is 69.0 Å². The fourth-order valence-corrected chi connectivity index (χ4v) is 5.32. The van der Waals surface area contributed by atoms with Gasteiger partial charge in [-0.3, -0.25) is 24.6 Å². The van der Waals surface area contributed by atoms with Gasteiger partial charge in [-0.1, -0.05) is 22.9 Å². The topological polar surface area (TPSA) is 115 Å². The highest BCUT2D eigenvalue weighted by atomic mass is 35.5. The number of nitrogens with one attached hydrogen (secondary N) is 1. The molecule has 5 heterocycles. The molecule has 0 atom stereocenters. The van der Waals surface area contributed by atoms with Gasteiger partial charge in [-0.15, -0.1) is 0 Å². The lowest BCUT2D eigenvalue weighted by Gasteiger charge is -2.16. The van der Waals surface area contributed by atoms with Crippen LogP contribution in [-0.4, -0.2) is 48.6 Å². The molecule has 0 spiro atoms. The van der Waals surface area contributed by atoms with Gasteiger partial charge in [0.1, 0.15) is 16.6 Å². The molecular weight excluding hydrogens is 540 g/mol. The molecule has 4 aromatic heterocycles. The van der Waals surface area contributed by atoms with Crippen molar-refractivity contribution in [2.45, 2.75) is 26.4 Å². The van der Waals surface area contributed by atoms with E-state index >= 15 is 0 Å². The number of hydrogen-bond acceptors (Lipinski definition) is 8. The summed E-state index contributed by atoms with van der Waals surface area (Å²) in [6, 6.07) is 3.36. The van der Waals surface area contributed by atoms with Crippen LogP contribution in [0, 0.1) is 6.92 Å². The van der Waals surface area contributed by atoms with E-state index in [1.165, 1.54) is 42.8 Å². The summed E-state index contributed by atoms with van der Waals surface area (Å²) in [6.45, 7) is 2.10. The number of amides is 2. The minimum absolute atomic E-state index is 0.123. The van der Waals surface area contributed by atoms with Crippen LogP contribution in [0.1, 0.15) is 49.1 Å². The predicted octanol–water partition coefficient (Wildman–Crippen LogP) is 4.65. The predicted molar refractivity (Wildman–Crippen MR) is 136 cm³/mol. The molecule has 4 aromatic rings. The van der Waals surface area contributed by atoms with Gasteiger partial charge in [0.15, 0.2) is 5.13 Å². The smallest absolute Gasteiger partial charge is 0.273 e. The van der Waals surface area contributed by atoms with E-state index < -0.39 is 23.8 Å². The molecule has 1 aliphatic rings. The van der Waals surface area contributed by atoms with Crippen molar-refractivity contribution < 1.29 is 23.1 Å². The number of nitrogens with zero attached hydrogens (tertiary/aromatic N) is 6. The first-order valence-electron chi connectivity index (χ1n) is 11.2. The largest absolute Gasteiger partial charge is 0.494 e. The van der Waals surface area contributed by atoms with E-state index in [2.05, 4.69) is 25.4 Å². The molecule has 14 heteroatoms. The minimum Gasteiger partial charge on any atom is -0.494 e. The van der Waals surface area contributed by atoms with Gasteiger partial charge >= 0.3 is 0 Å². The number of ether oxygens (including phenoxy) is 1. The molecule has 0 radical (unpaired) electrons. The number of carbonyl (C=O) groups excluding carboxylic acids is 2. The highest BCUT2D eigenvalue weighted by Gasteiger charge is 2.33. The molecular formula is C24H20ClF2N7O3S. The van der Waals surface area contributed by atoms with Crippen LogP contribution in [0.5, 0.6) is 5.75 Å². The van der Waals surface area contributed by atoms with Crippen molar-refractivity contribution in [1.29, 1.82) is 0 Å². The van der Waals surface area contributed by atoms with E-state index in [0.29, 0.717) is 33.4 Å². The third kappa shape index (κ3) is 4.70. The molecule has 0 saturated carbocycles. The maximum Gasteiger partial charge on any atom is 0.273 e. The zero-order chi connectivity index (χ0) is 27.1. The lowest BCUT2D eigenvalue weighted by molar-refractivity contribution is 0.0727. The Labute approximate surface area is 224 Å². The number of methoxy groups -OCH3 is 1. The first-order chi connectivity index (χ1) is 18.2. The SMILES string of the molecule is COc1cnc(Cl)cc1-c1cc(C)ncc1C(=O)Nc1nc2c(s1)CN(C(=O)c1c(C(F)F)cnn1C)C2. The van der Waals surface area contributed by atoms with Gasteiger partial charge in [-0.25, -0.2) is 18.7 Å². The van der Waals surface area contributed by atoms with Crippen molar-refractivity contribution in [1.82, 2.24) is 29.6 Å². The average Bonchev–Trinajstić information content (AvgIpc) is 3.56. The van der Waals surface area contributed by atoms with Gasteiger partial charge < -0.3 is 9.64 Å². The molecule has 2 amide bonds. The third-order valence-corrected chi connectivity index (χ3v) is 7.20. The van der Waals surface area contributed by atoms with Crippen LogP contribution < -0.4 is 10.1 Å². The number of rotatable bonds is 6. The molecule has 38 heavy (non-hydrogen) atoms. The summed E-state index contributed by atoms with van der Waals surface area (Å²) in [5, 5.41) is 7.17. The normalized spacial score (nSPS) is 12.7. The Morgan fingerprint density at radius 3 is 2.66 bits per heavy atom. The second-order valence-corrected chi connectivity index (χ2v) is 9.93. The highest BCUT2D eigenvalue weighted by Crippen LogP contribution is 2.36. The first kappa shape index (κ1) is 25.7. The van der Waals surface area contributed by atoms with Gasteiger partial charge in [-0.2, -0.15) is 5.10 Å². The molecule has 0 aliphatic carbocycles. The Hall–Kier alpha value is -3.97. The van der Waals surface area contributed by atoms with Gasteiger partial charge in [0, 0.05) is 30.1 Å². The van der Waals surface area contributed by atoms with E-state index in [1.807, 2.05) is 0 Å². The summed E-state index contributed by atoms with van der Waals surface area (Å²) in [6.07, 6.45) is 1.12. The van der Waals surface area contributed by atoms with Crippen molar-refractivity contribution in [3.63, 3.8) is 0 Å². The summed E-state index contributed by atoms with van der Waals surface area (Å²) in [7, 11) is 2.94. The van der Waals surface area contributed by atoms with E-state index in [1.54, 1.807) is 19.1 Å². The quantitative estimate of drug-likeness (QED) is 0.342. The first-order valence-corrected chi connectivity index (χ1v) is 12.4. The summed E-state index contributed by atoms with van der Waals surface area (Å²) < 4.78 is 33.2. The van der Waals surface area contributed by atoms with Crippen LogP contribution >= 0.6 is 22.9 Å². The number of carbonyl (C=O) groups is 2. The monoisotopic (exact) mass is 559 g/mol. The second kappa shape index (κ2) is 10.1. The minimum atomic E-state index is -2.82. The number of thiazole rings is 1. The van der Waals surface area contributed by atoms with Crippen molar-refractivity contribution in [2.75, 3.05) is 12.4 Å². The Morgan fingerprint density at radius 2 is 1.95 bits per heavy atom. The van der Waals surface area contributed by atoms with Crippen LogP contribution in [0.3, 0.4) is 0 Å². The number of pyridine rings is 2. The zero-order valence-electron chi connectivity index (χ0n) is 20.3. The van der Waals surface area contributed by atoms with Crippen LogP contribution in [-0.2, 0) is 20.1 Å². The van der Waals surface area contributed by atoms with Gasteiger partial charge in [0.25, 0.3) is 18.2 Å². The van der Waals surface area contributed by atoms with Crippen LogP contribution in [0.15, 0.2) is 30.7 Å². The van der Waals surface area contributed by atoms with Crippen molar-refractivity contribution in [2.24, 2.45) is 7.05 Å². The van der Waals surface area contributed by atoms with E-state index in [0.717, 1.165) is 15.8 Å². The fourth-order valence-electron chi connectivity index (χ4n) is 4.18. The molecule has 196 valence electrons. The Morgan fingerprint density at radius 1 is 1.16 bits per heavy atom. The fraction of sp³-hybridized carbons (Fsp3) is 0.250. The maximum absolute atomic E-state index is 13.3. The van der Waals surface area contributed by atoms with Crippen molar-refractivity contribution in [3.8, 4) is 16.9 Å². The number of hydrogen-bond donors (Lipinski definition) is 1. The molecule has 0 aromatic carbocycles. The van der Waals surface area contributed by atoms with E-state index in [4.69, 9.17) is 16.3 Å². The van der Waals surface area contributed by atoms with Crippen LogP contribution in [0.2, 0.25) is 5.15 Å². The summed E-state index contributed by atoms with van der Waals surface area (Å²) in [5.41, 5.74) is 2.12. The molecule has 1 aliphatic heterocycles. The Kier molecular flexibility index (Phi) is 6.80. The Balaban J connectivity index is 1.36. The molecule has 1 N–H and O–H groups in total. The maximum atomic E-state index is 13.3. The zero-order valence-corrected chi connectivity index (χ0v) is 21.9. The number of aromatic nitrogens is 5. The van der Waals surface area contributed by atoms with Gasteiger partial charge in [-0.05, 0) is 19.1 Å². The van der Waals surface area contributed by atoms with Crippen LogP contribution in [0.25, 0.3) is 11.1 Å². The average molecular weight is 560 g/mol. The number of halogens is 3. The van der Waals surface area contributed by atoms with E-state index in [9.17, 15) is 18.4 Å². The molecule has 0 unspecified atom stereocenters. The number of alkyl halides is 2. The molecule has 10 nitrogen and oxygen atoms in total. The Bertz CT molecular complexity index is 1550. The summed E-state index contributed by atoms with van der Waals surface area (Å²) >= 11 is 7.32. The number of anilines is 1. The highest BCUT2D eigenvalue weighted by molar-refractivity contribution is 7.16. The van der Waals surface area contributed by atoms with Crippen molar-refractivity contribution >= 4 is 39.9 Å². The van der Waals surface area contributed by atoms with Gasteiger partial charge in [0.2, 0.25) is 0 Å². The lowest BCUT2D eigenvalue weighted by atomic mass is 10.0. The molecule has 5 rings (SSSR count). The van der Waals surface area contributed by atoms with Gasteiger partial charge in [0.05, 0.1) is 54.3 Å². The molecule has 0 bridgehead atoms. The lowest BCUT2D eigenvalue weighted by Crippen LogP contribution is -2.28. The summed E-state index contributed by atoms with van der Waals surface area (Å²) in [5.74, 6) is -0.564. The molecule has 0 fully saturated rings.